The molecule has 3 rings (SSSR count). The van der Waals surface area contributed by atoms with Crippen molar-refractivity contribution in [2.24, 2.45) is 0 Å². The van der Waals surface area contributed by atoms with Crippen LogP contribution >= 0.6 is 0 Å². The molecule has 3 N–H and O–H groups in total. The largest absolute Gasteiger partial charge is 0.479 e. The Morgan fingerprint density at radius 3 is 2.35 bits per heavy atom. The summed E-state index contributed by atoms with van der Waals surface area (Å²) < 4.78 is 28.1. The number of likely N-dealkylation sites (tertiary alicyclic amines) is 1. The molecule has 1 aliphatic heterocycles. The molecule has 1 heterocycles. The zero-order chi connectivity index (χ0) is 22.5. The second kappa shape index (κ2) is 9.65. The number of aliphatic hydroxyl groups is 1. The molecule has 0 aromatic heterocycles. The number of halogens is 2. The van der Waals surface area contributed by atoms with Gasteiger partial charge >= 0.3 is 5.97 Å². The number of nitrogens with zero attached hydrogens (tertiary/aromatic N) is 1. The normalized spacial score (nSPS) is 18.0. The standard InChI is InChI=1S/C22H22F2N2O5/c23-15-7-4-8-16(24)14(15)12-26-18(9-10-19(26)27)21(29)25-17(20(28)22(30)31)11-13-5-2-1-3-6-13/h1-8,17-18,20,28H,9-12H2,(H,25,29)(H,30,31). The SMILES string of the molecule is O=C(O)C(O)C(Cc1ccccc1)NC(=O)C1CCC(=O)N1Cc1c(F)cccc1F. The maximum absolute atomic E-state index is 14.0. The molecule has 1 saturated heterocycles. The molecule has 0 radical (unpaired) electrons. The maximum atomic E-state index is 14.0. The first-order chi connectivity index (χ1) is 14.8. The van der Waals surface area contributed by atoms with Crippen molar-refractivity contribution in [1.29, 1.82) is 0 Å². The molecule has 2 amide bonds. The Balaban J connectivity index is 1.78. The number of hydrogen-bond acceptors (Lipinski definition) is 4. The topological polar surface area (TPSA) is 107 Å². The molecule has 7 nitrogen and oxygen atoms in total. The van der Waals surface area contributed by atoms with E-state index in [0.717, 1.165) is 17.0 Å². The van der Waals surface area contributed by atoms with Crippen LogP contribution < -0.4 is 5.32 Å². The van der Waals surface area contributed by atoms with Gasteiger partial charge in [-0.25, -0.2) is 13.6 Å². The summed E-state index contributed by atoms with van der Waals surface area (Å²) in [6, 6.07) is 9.82. The lowest BCUT2D eigenvalue weighted by atomic mass is 10.0. The van der Waals surface area contributed by atoms with Gasteiger partial charge in [0.15, 0.2) is 6.10 Å². The number of carboxylic acids is 1. The van der Waals surface area contributed by atoms with Crippen molar-refractivity contribution in [2.75, 3.05) is 0 Å². The van der Waals surface area contributed by atoms with E-state index >= 15 is 0 Å². The summed E-state index contributed by atoms with van der Waals surface area (Å²) in [7, 11) is 0. The highest BCUT2D eigenvalue weighted by Crippen LogP contribution is 2.24. The van der Waals surface area contributed by atoms with Gasteiger partial charge in [0.2, 0.25) is 11.8 Å². The first-order valence-electron chi connectivity index (χ1n) is 9.75. The number of aliphatic hydroxyl groups excluding tert-OH is 1. The minimum absolute atomic E-state index is 0.0129. The molecule has 0 bridgehead atoms. The third-order valence-electron chi connectivity index (χ3n) is 5.28. The lowest BCUT2D eigenvalue weighted by Gasteiger charge is -2.28. The van der Waals surface area contributed by atoms with E-state index in [1.165, 1.54) is 6.07 Å². The van der Waals surface area contributed by atoms with Gasteiger partial charge in [-0.2, -0.15) is 0 Å². The molecular formula is C22H22F2N2O5. The first kappa shape index (κ1) is 22.4. The summed E-state index contributed by atoms with van der Waals surface area (Å²) in [5.41, 5.74) is 0.364. The Morgan fingerprint density at radius 2 is 1.74 bits per heavy atom. The minimum Gasteiger partial charge on any atom is -0.479 e. The summed E-state index contributed by atoms with van der Waals surface area (Å²) in [5, 5.41) is 21.8. The number of benzene rings is 2. The number of carboxylic acid groups (broad SMARTS) is 1. The number of carbonyl (C=O) groups excluding carboxylic acids is 2. The number of nitrogens with one attached hydrogen (secondary N) is 1. The van der Waals surface area contributed by atoms with Crippen molar-refractivity contribution < 1.29 is 33.4 Å². The van der Waals surface area contributed by atoms with Crippen molar-refractivity contribution in [1.82, 2.24) is 10.2 Å². The molecule has 9 heteroatoms. The molecule has 1 fully saturated rings. The summed E-state index contributed by atoms with van der Waals surface area (Å²) in [4.78, 5) is 37.6. The Bertz CT molecular complexity index is 949. The second-order valence-electron chi connectivity index (χ2n) is 7.36. The van der Waals surface area contributed by atoms with Crippen LogP contribution in [0.4, 0.5) is 8.78 Å². The zero-order valence-electron chi connectivity index (χ0n) is 16.5. The molecule has 3 unspecified atom stereocenters. The van der Waals surface area contributed by atoms with Crippen molar-refractivity contribution in [3.8, 4) is 0 Å². The van der Waals surface area contributed by atoms with Gasteiger partial charge in [0, 0.05) is 12.0 Å². The highest BCUT2D eigenvalue weighted by atomic mass is 19.1. The van der Waals surface area contributed by atoms with Gasteiger partial charge in [-0.1, -0.05) is 36.4 Å². The van der Waals surface area contributed by atoms with E-state index in [1.54, 1.807) is 30.3 Å². The van der Waals surface area contributed by atoms with E-state index in [1.807, 2.05) is 0 Å². The van der Waals surface area contributed by atoms with Gasteiger partial charge in [0.05, 0.1) is 12.6 Å². The van der Waals surface area contributed by atoms with Crippen molar-refractivity contribution >= 4 is 17.8 Å². The van der Waals surface area contributed by atoms with E-state index in [-0.39, 0.29) is 24.8 Å². The Hall–Kier alpha value is -3.33. The van der Waals surface area contributed by atoms with Crippen molar-refractivity contribution in [2.45, 2.75) is 44.0 Å². The van der Waals surface area contributed by atoms with Gasteiger partial charge < -0.3 is 20.4 Å². The van der Waals surface area contributed by atoms with Gasteiger partial charge in [0.1, 0.15) is 17.7 Å². The summed E-state index contributed by atoms with van der Waals surface area (Å²) >= 11 is 0. The highest BCUT2D eigenvalue weighted by Gasteiger charge is 2.39. The molecule has 3 atom stereocenters. The van der Waals surface area contributed by atoms with Crippen LogP contribution in [0.1, 0.15) is 24.0 Å². The summed E-state index contributed by atoms with van der Waals surface area (Å²) in [5.74, 6) is -4.30. The number of carbonyl (C=O) groups is 3. The minimum atomic E-state index is -1.88. The zero-order valence-corrected chi connectivity index (χ0v) is 16.5. The predicted molar refractivity (Wildman–Crippen MR) is 106 cm³/mol. The summed E-state index contributed by atoms with van der Waals surface area (Å²) in [6.07, 6.45) is -1.71. The van der Waals surface area contributed by atoms with E-state index in [9.17, 15) is 33.4 Å². The fraction of sp³-hybridized carbons (Fsp3) is 0.318. The maximum Gasteiger partial charge on any atom is 0.334 e. The average Bonchev–Trinajstić information content (AvgIpc) is 3.10. The van der Waals surface area contributed by atoms with Crippen LogP contribution in [0.3, 0.4) is 0 Å². The van der Waals surface area contributed by atoms with Gasteiger partial charge in [-0.05, 0) is 30.5 Å². The van der Waals surface area contributed by atoms with Crippen LogP contribution in [0.5, 0.6) is 0 Å². The number of amides is 2. The first-order valence-corrected chi connectivity index (χ1v) is 9.75. The number of rotatable bonds is 8. The Kier molecular flexibility index (Phi) is 6.96. The van der Waals surface area contributed by atoms with Crippen LogP contribution in [0.25, 0.3) is 0 Å². The molecule has 1 aliphatic rings. The Morgan fingerprint density at radius 1 is 1.10 bits per heavy atom. The monoisotopic (exact) mass is 432 g/mol. The van der Waals surface area contributed by atoms with Crippen LogP contribution in [-0.4, -0.2) is 51.1 Å². The molecular weight excluding hydrogens is 410 g/mol. The van der Waals surface area contributed by atoms with Crippen LogP contribution in [0.15, 0.2) is 48.5 Å². The van der Waals surface area contributed by atoms with Gasteiger partial charge in [-0.3, -0.25) is 9.59 Å². The molecule has 0 spiro atoms. The summed E-state index contributed by atoms with van der Waals surface area (Å²) in [6.45, 7) is -0.430. The van der Waals surface area contributed by atoms with Gasteiger partial charge in [0.25, 0.3) is 0 Å². The highest BCUT2D eigenvalue weighted by molar-refractivity contribution is 5.91. The third kappa shape index (κ3) is 5.24. The predicted octanol–water partition coefficient (Wildman–Crippen LogP) is 1.63. The van der Waals surface area contributed by atoms with Crippen LogP contribution in [-0.2, 0) is 27.3 Å². The average molecular weight is 432 g/mol. The third-order valence-corrected chi connectivity index (χ3v) is 5.28. The quantitative estimate of drug-likeness (QED) is 0.588. The van der Waals surface area contributed by atoms with Gasteiger partial charge in [-0.15, -0.1) is 0 Å². The van der Waals surface area contributed by atoms with Crippen LogP contribution in [0.2, 0.25) is 0 Å². The number of hydrogen-bond donors (Lipinski definition) is 3. The molecule has 0 aliphatic carbocycles. The van der Waals surface area contributed by atoms with Crippen molar-refractivity contribution in [3.63, 3.8) is 0 Å². The smallest absolute Gasteiger partial charge is 0.334 e. The Labute approximate surface area is 177 Å². The second-order valence-corrected chi connectivity index (χ2v) is 7.36. The molecule has 2 aromatic rings. The molecule has 31 heavy (non-hydrogen) atoms. The fourth-order valence-electron chi connectivity index (χ4n) is 3.62. The molecule has 2 aromatic carbocycles. The fourth-order valence-corrected chi connectivity index (χ4v) is 3.62. The van der Waals surface area contributed by atoms with E-state index in [0.29, 0.717) is 5.56 Å². The van der Waals surface area contributed by atoms with Crippen molar-refractivity contribution in [3.05, 3.63) is 71.3 Å². The lowest BCUT2D eigenvalue weighted by Crippen LogP contribution is -2.53. The lowest BCUT2D eigenvalue weighted by molar-refractivity contribution is -0.149. The van der Waals surface area contributed by atoms with Crippen LogP contribution in [0, 0.1) is 11.6 Å². The van der Waals surface area contributed by atoms with E-state index < -0.39 is 54.2 Å². The molecule has 164 valence electrons. The van der Waals surface area contributed by atoms with E-state index in [4.69, 9.17) is 0 Å². The number of aliphatic carboxylic acids is 1. The van der Waals surface area contributed by atoms with E-state index in [2.05, 4.69) is 5.32 Å². The molecule has 0 saturated carbocycles.